The highest BCUT2D eigenvalue weighted by Crippen LogP contribution is 2.12. The van der Waals surface area contributed by atoms with Crippen LogP contribution in [0.5, 0.6) is 0 Å². The van der Waals surface area contributed by atoms with Crippen molar-refractivity contribution in [2.75, 3.05) is 31.7 Å². The maximum Gasteiger partial charge on any atom is 0.140 e. The van der Waals surface area contributed by atoms with Crippen LogP contribution in [-0.4, -0.2) is 42.8 Å². The van der Waals surface area contributed by atoms with Gasteiger partial charge in [-0.1, -0.05) is 5.16 Å². The quantitative estimate of drug-likeness (QED) is 0.327. The summed E-state index contributed by atoms with van der Waals surface area (Å²) in [4.78, 5) is 6.37. The van der Waals surface area contributed by atoms with E-state index in [-0.39, 0.29) is 5.84 Å². The summed E-state index contributed by atoms with van der Waals surface area (Å²) in [5, 5.41) is 11.5. The average Bonchev–Trinajstić information content (AvgIpc) is 2.38. The monoisotopic (exact) mass is 252 g/mol. The normalized spacial score (nSPS) is 11.6. The first kappa shape index (κ1) is 14.2. The zero-order valence-electron chi connectivity index (χ0n) is 10.8. The van der Waals surface area contributed by atoms with Crippen LogP contribution >= 0.6 is 0 Å². The fourth-order valence-corrected chi connectivity index (χ4v) is 1.54. The average molecular weight is 252 g/mol. The molecule has 0 saturated heterocycles. The van der Waals surface area contributed by atoms with Crippen LogP contribution in [0.15, 0.2) is 23.5 Å². The van der Waals surface area contributed by atoms with Gasteiger partial charge in [-0.25, -0.2) is 4.98 Å². The molecule has 0 atom stereocenters. The maximum atomic E-state index is 8.54. The van der Waals surface area contributed by atoms with Gasteiger partial charge in [0, 0.05) is 32.8 Å². The highest BCUT2D eigenvalue weighted by molar-refractivity contribution is 5.80. The predicted octanol–water partition coefficient (Wildman–Crippen LogP) is 0.979. The first-order valence-electron chi connectivity index (χ1n) is 5.80. The van der Waals surface area contributed by atoms with Crippen LogP contribution in [0.2, 0.25) is 0 Å². The fraction of sp³-hybridized carbons (Fsp3) is 0.500. The van der Waals surface area contributed by atoms with Gasteiger partial charge in [-0.05, 0) is 24.6 Å². The fourth-order valence-electron chi connectivity index (χ4n) is 1.54. The molecule has 1 heterocycles. The Balaban J connectivity index is 2.71. The largest absolute Gasteiger partial charge is 0.409 e. The summed E-state index contributed by atoms with van der Waals surface area (Å²) in [6, 6.07) is 3.95. The van der Waals surface area contributed by atoms with Gasteiger partial charge < -0.3 is 20.6 Å². The molecule has 0 aliphatic carbocycles. The van der Waals surface area contributed by atoms with Crippen molar-refractivity contribution >= 4 is 11.7 Å². The maximum absolute atomic E-state index is 8.54. The number of aryl methyl sites for hydroxylation is 1. The SMILES string of the molecule is COCCN(CCC(N)=NO)c1cc(C)ccn1. The highest BCUT2D eigenvalue weighted by atomic mass is 16.5. The lowest BCUT2D eigenvalue weighted by Crippen LogP contribution is -2.31. The molecule has 0 aliphatic heterocycles. The van der Waals surface area contributed by atoms with Crippen molar-refractivity contribution in [1.29, 1.82) is 0 Å². The smallest absolute Gasteiger partial charge is 0.140 e. The van der Waals surface area contributed by atoms with Gasteiger partial charge in [0.25, 0.3) is 0 Å². The lowest BCUT2D eigenvalue weighted by atomic mass is 10.2. The van der Waals surface area contributed by atoms with Gasteiger partial charge in [-0.2, -0.15) is 0 Å². The minimum Gasteiger partial charge on any atom is -0.409 e. The molecule has 0 fully saturated rings. The van der Waals surface area contributed by atoms with E-state index in [0.29, 0.717) is 26.1 Å². The third-order valence-electron chi connectivity index (χ3n) is 2.56. The molecule has 100 valence electrons. The second-order valence-electron chi connectivity index (χ2n) is 4.01. The number of hydrogen-bond donors (Lipinski definition) is 2. The van der Waals surface area contributed by atoms with Crippen molar-refractivity contribution in [3.05, 3.63) is 23.9 Å². The molecule has 1 aromatic rings. The molecule has 0 spiro atoms. The lowest BCUT2D eigenvalue weighted by Gasteiger charge is -2.23. The molecule has 0 radical (unpaired) electrons. The van der Waals surface area contributed by atoms with E-state index in [1.54, 1.807) is 13.3 Å². The Labute approximate surface area is 107 Å². The van der Waals surface area contributed by atoms with Crippen LogP contribution in [0, 0.1) is 6.92 Å². The number of oxime groups is 1. The van der Waals surface area contributed by atoms with E-state index in [1.807, 2.05) is 19.1 Å². The van der Waals surface area contributed by atoms with Crippen molar-refractivity contribution in [3.63, 3.8) is 0 Å². The molecule has 0 saturated carbocycles. The Kier molecular flexibility index (Phi) is 5.93. The van der Waals surface area contributed by atoms with Crippen LogP contribution in [0.25, 0.3) is 0 Å². The van der Waals surface area contributed by atoms with Gasteiger partial charge in [0.15, 0.2) is 0 Å². The van der Waals surface area contributed by atoms with E-state index in [2.05, 4.69) is 15.0 Å². The Hall–Kier alpha value is -1.82. The first-order chi connectivity index (χ1) is 8.67. The third-order valence-corrected chi connectivity index (χ3v) is 2.56. The van der Waals surface area contributed by atoms with Gasteiger partial charge in [-0.15, -0.1) is 0 Å². The molecule has 0 aliphatic rings. The predicted molar refractivity (Wildman–Crippen MR) is 71.1 cm³/mol. The number of rotatable bonds is 7. The standard InChI is InChI=1S/C12H20N4O2/c1-10-3-5-14-12(9-10)16(7-8-18-2)6-4-11(13)15-17/h3,5,9,17H,4,6-8H2,1-2H3,(H2,13,15). The summed E-state index contributed by atoms with van der Waals surface area (Å²) in [5.74, 6) is 1.09. The van der Waals surface area contributed by atoms with Crippen LogP contribution in [0.1, 0.15) is 12.0 Å². The van der Waals surface area contributed by atoms with Crippen molar-refractivity contribution in [1.82, 2.24) is 4.98 Å². The molecule has 3 N–H and O–H groups in total. The number of nitrogens with zero attached hydrogens (tertiary/aromatic N) is 3. The second-order valence-corrected chi connectivity index (χ2v) is 4.01. The number of ether oxygens (including phenoxy) is 1. The summed E-state index contributed by atoms with van der Waals surface area (Å²) in [6.45, 7) is 3.97. The van der Waals surface area contributed by atoms with E-state index in [0.717, 1.165) is 11.4 Å². The summed E-state index contributed by atoms with van der Waals surface area (Å²) in [6.07, 6.45) is 2.25. The number of pyridine rings is 1. The Morgan fingerprint density at radius 2 is 2.33 bits per heavy atom. The van der Waals surface area contributed by atoms with E-state index >= 15 is 0 Å². The molecule has 6 heteroatoms. The Morgan fingerprint density at radius 3 is 2.94 bits per heavy atom. The molecule has 0 amide bonds. The number of hydrogen-bond acceptors (Lipinski definition) is 5. The second kappa shape index (κ2) is 7.50. The van der Waals surface area contributed by atoms with E-state index in [4.69, 9.17) is 15.7 Å². The first-order valence-corrected chi connectivity index (χ1v) is 5.80. The molecule has 0 unspecified atom stereocenters. The molecule has 18 heavy (non-hydrogen) atoms. The minimum absolute atomic E-state index is 0.213. The number of aromatic nitrogens is 1. The number of amidine groups is 1. The van der Waals surface area contributed by atoms with Crippen molar-refractivity contribution in [2.45, 2.75) is 13.3 Å². The van der Waals surface area contributed by atoms with E-state index in [9.17, 15) is 0 Å². The van der Waals surface area contributed by atoms with Gasteiger partial charge in [0.05, 0.1) is 6.61 Å². The van der Waals surface area contributed by atoms with Crippen molar-refractivity contribution < 1.29 is 9.94 Å². The molecule has 0 aromatic carbocycles. The zero-order chi connectivity index (χ0) is 13.4. The highest BCUT2D eigenvalue weighted by Gasteiger charge is 2.08. The molecular formula is C12H20N4O2. The van der Waals surface area contributed by atoms with Crippen molar-refractivity contribution in [2.24, 2.45) is 10.9 Å². The molecule has 0 bridgehead atoms. The third kappa shape index (κ3) is 4.58. The molecule has 1 aromatic heterocycles. The zero-order valence-corrected chi connectivity index (χ0v) is 10.8. The lowest BCUT2D eigenvalue weighted by molar-refractivity contribution is 0.205. The topological polar surface area (TPSA) is 84.0 Å². The van der Waals surface area contributed by atoms with Crippen molar-refractivity contribution in [3.8, 4) is 0 Å². The van der Waals surface area contributed by atoms with E-state index < -0.39 is 0 Å². The summed E-state index contributed by atoms with van der Waals surface area (Å²) in [7, 11) is 1.66. The van der Waals surface area contributed by atoms with Crippen LogP contribution in [-0.2, 0) is 4.74 Å². The van der Waals surface area contributed by atoms with Gasteiger partial charge in [0.1, 0.15) is 11.7 Å². The van der Waals surface area contributed by atoms with Gasteiger partial charge >= 0.3 is 0 Å². The van der Waals surface area contributed by atoms with Crippen LogP contribution in [0.3, 0.4) is 0 Å². The van der Waals surface area contributed by atoms with Crippen LogP contribution in [0.4, 0.5) is 5.82 Å². The van der Waals surface area contributed by atoms with E-state index in [1.165, 1.54) is 0 Å². The molecular weight excluding hydrogens is 232 g/mol. The van der Waals surface area contributed by atoms with Crippen LogP contribution < -0.4 is 10.6 Å². The summed E-state index contributed by atoms with van der Waals surface area (Å²) >= 11 is 0. The number of methoxy groups -OCH3 is 1. The van der Waals surface area contributed by atoms with Gasteiger partial charge in [0.2, 0.25) is 0 Å². The number of anilines is 1. The minimum atomic E-state index is 0.213. The summed E-state index contributed by atoms with van der Waals surface area (Å²) < 4.78 is 5.08. The summed E-state index contributed by atoms with van der Waals surface area (Å²) in [5.41, 5.74) is 6.62. The Bertz CT molecular complexity index is 395. The Morgan fingerprint density at radius 1 is 1.56 bits per heavy atom. The molecule has 6 nitrogen and oxygen atoms in total. The molecule has 1 rings (SSSR count). The van der Waals surface area contributed by atoms with Gasteiger partial charge in [-0.3, -0.25) is 0 Å². The number of nitrogens with two attached hydrogens (primary N) is 1.